The molecule has 0 aliphatic carbocycles. The van der Waals surface area contributed by atoms with Crippen molar-refractivity contribution in [3.63, 3.8) is 0 Å². The standard InChI is InChI=1S/C12H15N3OS/c1-3-10(16)9-6-4-5-7-11(9)17-12-14-13-8-15(12)2/h4-8,10,16H,3H2,1-2H3. The van der Waals surface area contributed by atoms with Crippen molar-refractivity contribution >= 4 is 11.8 Å². The van der Waals surface area contributed by atoms with Crippen LogP contribution in [0.25, 0.3) is 0 Å². The van der Waals surface area contributed by atoms with Gasteiger partial charge in [0.2, 0.25) is 0 Å². The van der Waals surface area contributed by atoms with E-state index in [9.17, 15) is 5.11 Å². The van der Waals surface area contributed by atoms with Gasteiger partial charge in [-0.25, -0.2) is 0 Å². The van der Waals surface area contributed by atoms with Crippen LogP contribution in [0.4, 0.5) is 0 Å². The molecule has 1 atom stereocenters. The lowest BCUT2D eigenvalue weighted by Crippen LogP contribution is -1.98. The summed E-state index contributed by atoms with van der Waals surface area (Å²) in [6.45, 7) is 1.97. The summed E-state index contributed by atoms with van der Waals surface area (Å²) in [6, 6.07) is 7.85. The maximum atomic E-state index is 9.95. The fourth-order valence-electron chi connectivity index (χ4n) is 1.53. The Balaban J connectivity index is 2.30. The van der Waals surface area contributed by atoms with Crippen LogP contribution in [-0.4, -0.2) is 19.9 Å². The van der Waals surface area contributed by atoms with Crippen LogP contribution >= 0.6 is 11.8 Å². The molecule has 0 aliphatic heterocycles. The molecule has 90 valence electrons. The Kier molecular flexibility index (Phi) is 3.81. The second kappa shape index (κ2) is 5.33. The maximum absolute atomic E-state index is 9.95. The first-order valence-corrected chi connectivity index (χ1v) is 6.33. The van der Waals surface area contributed by atoms with Gasteiger partial charge in [-0.15, -0.1) is 10.2 Å². The summed E-state index contributed by atoms with van der Waals surface area (Å²) in [7, 11) is 1.90. The normalized spacial score (nSPS) is 12.6. The Hall–Kier alpha value is -1.33. The lowest BCUT2D eigenvalue weighted by Gasteiger charge is -2.12. The van der Waals surface area contributed by atoms with E-state index in [2.05, 4.69) is 10.2 Å². The van der Waals surface area contributed by atoms with Gasteiger partial charge in [0.1, 0.15) is 6.33 Å². The number of rotatable bonds is 4. The van der Waals surface area contributed by atoms with Gasteiger partial charge < -0.3 is 9.67 Å². The molecule has 0 amide bonds. The van der Waals surface area contributed by atoms with Crippen molar-refractivity contribution in [1.29, 1.82) is 0 Å². The molecule has 0 spiro atoms. The van der Waals surface area contributed by atoms with E-state index >= 15 is 0 Å². The van der Waals surface area contributed by atoms with Crippen LogP contribution < -0.4 is 0 Å². The lowest BCUT2D eigenvalue weighted by atomic mass is 10.1. The highest BCUT2D eigenvalue weighted by Crippen LogP contribution is 2.32. The zero-order chi connectivity index (χ0) is 12.3. The molecule has 1 aromatic carbocycles. The summed E-state index contributed by atoms with van der Waals surface area (Å²) in [5.41, 5.74) is 0.947. The van der Waals surface area contributed by atoms with Crippen LogP contribution in [0.3, 0.4) is 0 Å². The van der Waals surface area contributed by atoms with Crippen molar-refractivity contribution < 1.29 is 5.11 Å². The molecule has 0 radical (unpaired) electrons. The molecule has 1 N–H and O–H groups in total. The number of benzene rings is 1. The minimum Gasteiger partial charge on any atom is -0.388 e. The third-order valence-corrected chi connectivity index (χ3v) is 3.68. The molecule has 0 saturated heterocycles. The lowest BCUT2D eigenvalue weighted by molar-refractivity contribution is 0.171. The van der Waals surface area contributed by atoms with Gasteiger partial charge in [0.25, 0.3) is 0 Å². The topological polar surface area (TPSA) is 50.9 Å². The van der Waals surface area contributed by atoms with Gasteiger partial charge in [0.15, 0.2) is 5.16 Å². The van der Waals surface area contributed by atoms with Gasteiger partial charge in [-0.05, 0) is 29.8 Å². The van der Waals surface area contributed by atoms with Gasteiger partial charge >= 0.3 is 0 Å². The molecular formula is C12H15N3OS. The Labute approximate surface area is 105 Å². The summed E-state index contributed by atoms with van der Waals surface area (Å²) in [4.78, 5) is 1.03. The number of hydrogen-bond acceptors (Lipinski definition) is 4. The van der Waals surface area contributed by atoms with Crippen molar-refractivity contribution in [2.45, 2.75) is 29.5 Å². The van der Waals surface area contributed by atoms with E-state index in [1.165, 1.54) is 11.8 Å². The number of hydrogen-bond donors (Lipinski definition) is 1. The predicted molar refractivity (Wildman–Crippen MR) is 66.8 cm³/mol. The fourth-order valence-corrected chi connectivity index (χ4v) is 2.48. The molecule has 1 unspecified atom stereocenters. The first-order chi connectivity index (χ1) is 8.22. The Bertz CT molecular complexity index is 498. The third-order valence-electron chi connectivity index (χ3n) is 2.54. The molecule has 4 nitrogen and oxygen atoms in total. The number of aliphatic hydroxyl groups excluding tert-OH is 1. The van der Waals surface area contributed by atoms with E-state index in [0.29, 0.717) is 6.42 Å². The third kappa shape index (κ3) is 2.68. The smallest absolute Gasteiger partial charge is 0.195 e. The molecule has 0 aliphatic rings. The highest BCUT2D eigenvalue weighted by molar-refractivity contribution is 7.99. The quantitative estimate of drug-likeness (QED) is 0.904. The summed E-state index contributed by atoms with van der Waals surface area (Å²) >= 11 is 1.52. The average Bonchev–Trinajstić information content (AvgIpc) is 2.75. The van der Waals surface area contributed by atoms with E-state index in [4.69, 9.17) is 0 Å². The van der Waals surface area contributed by atoms with Gasteiger partial charge in [-0.2, -0.15) is 0 Å². The minimum atomic E-state index is -0.424. The molecule has 2 rings (SSSR count). The molecule has 0 bridgehead atoms. The second-order valence-electron chi connectivity index (χ2n) is 3.79. The first kappa shape index (κ1) is 12.1. The van der Waals surface area contributed by atoms with Crippen molar-refractivity contribution in [2.75, 3.05) is 0 Å². The number of nitrogens with zero attached hydrogens (tertiary/aromatic N) is 3. The van der Waals surface area contributed by atoms with Crippen molar-refractivity contribution in [3.8, 4) is 0 Å². The van der Waals surface area contributed by atoms with Crippen molar-refractivity contribution in [2.24, 2.45) is 7.05 Å². The van der Waals surface area contributed by atoms with Crippen LogP contribution in [0.15, 0.2) is 40.6 Å². The van der Waals surface area contributed by atoms with E-state index < -0.39 is 6.10 Å². The zero-order valence-corrected chi connectivity index (χ0v) is 10.7. The first-order valence-electron chi connectivity index (χ1n) is 5.51. The number of aryl methyl sites for hydroxylation is 1. The molecule has 17 heavy (non-hydrogen) atoms. The minimum absolute atomic E-state index is 0.424. The Morgan fingerprint density at radius 2 is 2.18 bits per heavy atom. The molecule has 1 aromatic heterocycles. The summed E-state index contributed by atoms with van der Waals surface area (Å²) in [6.07, 6.45) is 1.95. The fraction of sp³-hybridized carbons (Fsp3) is 0.333. The monoisotopic (exact) mass is 249 g/mol. The molecule has 1 heterocycles. The predicted octanol–water partition coefficient (Wildman–Crippen LogP) is 2.41. The van der Waals surface area contributed by atoms with E-state index in [0.717, 1.165) is 15.6 Å². The maximum Gasteiger partial charge on any atom is 0.195 e. The summed E-state index contributed by atoms with van der Waals surface area (Å²) < 4.78 is 1.86. The number of aliphatic hydroxyl groups is 1. The van der Waals surface area contributed by atoms with E-state index in [1.54, 1.807) is 6.33 Å². The van der Waals surface area contributed by atoms with Gasteiger partial charge in [0, 0.05) is 11.9 Å². The van der Waals surface area contributed by atoms with Crippen molar-refractivity contribution in [1.82, 2.24) is 14.8 Å². The molecule has 2 aromatic rings. The van der Waals surface area contributed by atoms with Gasteiger partial charge in [0.05, 0.1) is 6.10 Å². The highest BCUT2D eigenvalue weighted by Gasteiger charge is 2.12. The van der Waals surface area contributed by atoms with Gasteiger partial charge in [-0.3, -0.25) is 0 Å². The summed E-state index contributed by atoms with van der Waals surface area (Å²) in [5, 5.41) is 18.6. The second-order valence-corrected chi connectivity index (χ2v) is 4.80. The van der Waals surface area contributed by atoms with Gasteiger partial charge in [-0.1, -0.05) is 25.1 Å². The van der Waals surface area contributed by atoms with Crippen LogP contribution in [-0.2, 0) is 7.05 Å². The van der Waals surface area contributed by atoms with Crippen LogP contribution in [0.5, 0.6) is 0 Å². The van der Waals surface area contributed by atoms with E-state index in [-0.39, 0.29) is 0 Å². The molecule has 0 fully saturated rings. The Morgan fingerprint density at radius 1 is 1.41 bits per heavy atom. The van der Waals surface area contributed by atoms with Crippen LogP contribution in [0, 0.1) is 0 Å². The van der Waals surface area contributed by atoms with Crippen molar-refractivity contribution in [3.05, 3.63) is 36.2 Å². The molecular weight excluding hydrogens is 234 g/mol. The SMILES string of the molecule is CCC(O)c1ccccc1Sc1nncn1C. The van der Waals surface area contributed by atoms with E-state index in [1.807, 2.05) is 42.8 Å². The zero-order valence-electron chi connectivity index (χ0n) is 9.87. The Morgan fingerprint density at radius 3 is 2.82 bits per heavy atom. The van der Waals surface area contributed by atoms with Crippen LogP contribution in [0.1, 0.15) is 25.0 Å². The molecule has 5 heteroatoms. The number of aromatic nitrogens is 3. The molecule has 0 saturated carbocycles. The largest absolute Gasteiger partial charge is 0.388 e. The average molecular weight is 249 g/mol. The highest BCUT2D eigenvalue weighted by atomic mass is 32.2. The van der Waals surface area contributed by atoms with Crippen LogP contribution in [0.2, 0.25) is 0 Å². The summed E-state index contributed by atoms with van der Waals surface area (Å²) in [5.74, 6) is 0.